The maximum atomic E-state index is 14.2. The van der Waals surface area contributed by atoms with E-state index < -0.39 is 30.2 Å². The third kappa shape index (κ3) is 5.75. The maximum absolute atomic E-state index is 14.2. The molecule has 0 saturated carbocycles. The Labute approximate surface area is 243 Å². The number of likely N-dealkylation sites (tertiary alicyclic amines) is 1. The zero-order chi connectivity index (χ0) is 30.2. The normalized spacial score (nSPS) is 19.0. The van der Waals surface area contributed by atoms with Gasteiger partial charge < -0.3 is 24.2 Å². The fourth-order valence-corrected chi connectivity index (χ4v) is 5.76. The van der Waals surface area contributed by atoms with Gasteiger partial charge in [-0.1, -0.05) is 23.7 Å². The summed E-state index contributed by atoms with van der Waals surface area (Å²) >= 11 is 6.34. The fraction of sp³-hybridized carbons (Fsp3) is 0.429. The summed E-state index contributed by atoms with van der Waals surface area (Å²) in [7, 11) is 2.89. The quantitative estimate of drug-likeness (QED) is 0.388. The lowest BCUT2D eigenvalue weighted by atomic mass is 9.93. The van der Waals surface area contributed by atoms with E-state index in [0.29, 0.717) is 43.0 Å². The van der Waals surface area contributed by atoms with E-state index in [2.05, 4.69) is 10.2 Å². The van der Waals surface area contributed by atoms with Gasteiger partial charge in [-0.05, 0) is 43.0 Å². The molecule has 0 aliphatic carbocycles. The molecular formula is C28H28ClF3N4O6. The number of carbonyl (C=O) groups is 2. The average Bonchev–Trinajstić information content (AvgIpc) is 3.36. The average molecular weight is 609 g/mol. The number of piperidine rings is 1. The molecule has 2 atom stereocenters. The van der Waals surface area contributed by atoms with Gasteiger partial charge in [-0.2, -0.15) is 13.2 Å². The van der Waals surface area contributed by atoms with Gasteiger partial charge in [0.05, 0.1) is 26.3 Å². The molecule has 1 aromatic heterocycles. The summed E-state index contributed by atoms with van der Waals surface area (Å²) in [5.74, 6) is -2.10. The molecule has 10 nitrogen and oxygen atoms in total. The number of carboxylic acids is 1. The molecule has 0 spiro atoms. The van der Waals surface area contributed by atoms with Crippen molar-refractivity contribution < 1.29 is 42.1 Å². The van der Waals surface area contributed by atoms with Gasteiger partial charge in [0, 0.05) is 35.7 Å². The van der Waals surface area contributed by atoms with Crippen LogP contribution < -0.4 is 9.47 Å². The topological polar surface area (TPSA) is 116 Å². The van der Waals surface area contributed by atoms with Crippen molar-refractivity contribution in [2.45, 2.75) is 44.1 Å². The summed E-state index contributed by atoms with van der Waals surface area (Å²) in [5, 5.41) is 16.7. The van der Waals surface area contributed by atoms with Crippen molar-refractivity contribution in [3.63, 3.8) is 0 Å². The number of benzene rings is 2. The van der Waals surface area contributed by atoms with Crippen molar-refractivity contribution >= 4 is 23.5 Å². The second-order valence-corrected chi connectivity index (χ2v) is 10.6. The molecule has 42 heavy (non-hydrogen) atoms. The predicted octanol–water partition coefficient (Wildman–Crippen LogP) is 5.22. The van der Waals surface area contributed by atoms with Crippen LogP contribution in [0.1, 0.15) is 60.7 Å². The zero-order valence-electron chi connectivity index (χ0n) is 22.7. The van der Waals surface area contributed by atoms with Gasteiger partial charge in [-0.3, -0.25) is 14.2 Å². The first-order valence-corrected chi connectivity index (χ1v) is 13.6. The molecule has 224 valence electrons. The Morgan fingerprint density at radius 1 is 1.07 bits per heavy atom. The number of aliphatic carboxylic acids is 1. The molecule has 0 unspecified atom stereocenters. The number of rotatable bonds is 7. The van der Waals surface area contributed by atoms with Crippen molar-refractivity contribution in [3.05, 3.63) is 64.2 Å². The zero-order valence-corrected chi connectivity index (χ0v) is 23.5. The summed E-state index contributed by atoms with van der Waals surface area (Å²) in [5.41, 5.74) is 0.815. The molecule has 1 N–H and O–H groups in total. The number of methoxy groups -OCH3 is 2. The van der Waals surface area contributed by atoms with Crippen LogP contribution in [-0.4, -0.2) is 64.0 Å². The Bertz CT molecular complexity index is 1490. The Balaban J connectivity index is 1.59. The molecule has 0 radical (unpaired) electrons. The highest BCUT2D eigenvalue weighted by atomic mass is 35.5. The number of amides is 1. The molecule has 3 heterocycles. The van der Waals surface area contributed by atoms with E-state index >= 15 is 0 Å². The number of carbonyl (C=O) groups excluding carboxylic acids is 1. The molecule has 3 aromatic rings. The van der Waals surface area contributed by atoms with Crippen molar-refractivity contribution in [3.8, 4) is 17.2 Å². The van der Waals surface area contributed by atoms with Gasteiger partial charge in [0.1, 0.15) is 12.2 Å². The molecule has 2 aliphatic rings. The minimum absolute atomic E-state index is 0.0158. The standard InChI is InChI=1S/C28H28ClF3N4O6/c1-40-20-5-3-4-17(25(20)41-2)24-18-13-16(29)6-7-19(18)36-26(33-34-27(36)28(30,31)32)21(42-24)14-22(37)35-10-8-15(9-11-35)12-23(38)39/h3-7,13,15,21,24H,8-12,14H2,1-2H3,(H,38,39)/t21-,24-/m1/s1. The van der Waals surface area contributed by atoms with Crippen LogP contribution >= 0.6 is 11.6 Å². The van der Waals surface area contributed by atoms with Crippen LogP contribution in [-0.2, 0) is 20.5 Å². The summed E-state index contributed by atoms with van der Waals surface area (Å²) in [6, 6.07) is 9.44. The van der Waals surface area contributed by atoms with Gasteiger partial charge in [0.25, 0.3) is 0 Å². The Kier molecular flexibility index (Phi) is 8.33. The number of aromatic nitrogens is 3. The van der Waals surface area contributed by atoms with Crippen LogP contribution in [0.2, 0.25) is 5.02 Å². The number of hydrogen-bond donors (Lipinski definition) is 1. The maximum Gasteiger partial charge on any atom is 0.452 e. The van der Waals surface area contributed by atoms with E-state index in [0.717, 1.165) is 4.57 Å². The van der Waals surface area contributed by atoms with Crippen LogP contribution in [0, 0.1) is 5.92 Å². The highest BCUT2D eigenvalue weighted by Gasteiger charge is 2.44. The number of hydrogen-bond acceptors (Lipinski definition) is 7. The highest BCUT2D eigenvalue weighted by molar-refractivity contribution is 6.30. The second kappa shape index (κ2) is 11.8. The van der Waals surface area contributed by atoms with Gasteiger partial charge in [0.2, 0.25) is 11.7 Å². The first-order chi connectivity index (χ1) is 20.0. The first-order valence-electron chi connectivity index (χ1n) is 13.2. The summed E-state index contributed by atoms with van der Waals surface area (Å²) in [6.45, 7) is 0.653. The van der Waals surface area contributed by atoms with Crippen LogP contribution in [0.25, 0.3) is 5.69 Å². The minimum Gasteiger partial charge on any atom is -0.493 e. The molecule has 0 bridgehead atoms. The molecule has 1 fully saturated rings. The third-order valence-electron chi connectivity index (χ3n) is 7.55. The number of alkyl halides is 3. The number of para-hydroxylation sites is 1. The smallest absolute Gasteiger partial charge is 0.452 e. The summed E-state index contributed by atoms with van der Waals surface area (Å²) < 4.78 is 61.1. The minimum atomic E-state index is -4.86. The van der Waals surface area contributed by atoms with E-state index in [4.69, 9.17) is 30.9 Å². The summed E-state index contributed by atoms with van der Waals surface area (Å²) in [6.07, 6.45) is -6.45. The molecular weight excluding hydrogens is 581 g/mol. The molecule has 2 aromatic carbocycles. The van der Waals surface area contributed by atoms with Crippen LogP contribution in [0.5, 0.6) is 11.5 Å². The van der Waals surface area contributed by atoms with E-state index in [1.807, 2.05) is 0 Å². The number of nitrogens with zero attached hydrogens (tertiary/aromatic N) is 4. The first kappa shape index (κ1) is 29.6. The van der Waals surface area contributed by atoms with Gasteiger partial charge in [-0.15, -0.1) is 10.2 Å². The molecule has 1 amide bonds. The fourth-order valence-electron chi connectivity index (χ4n) is 5.58. The highest BCUT2D eigenvalue weighted by Crippen LogP contribution is 2.47. The van der Waals surface area contributed by atoms with E-state index in [9.17, 15) is 22.8 Å². The molecule has 5 rings (SSSR count). The molecule has 2 aliphatic heterocycles. The summed E-state index contributed by atoms with van der Waals surface area (Å²) in [4.78, 5) is 26.2. The lowest BCUT2D eigenvalue weighted by Gasteiger charge is -2.32. The van der Waals surface area contributed by atoms with Crippen LogP contribution in [0.3, 0.4) is 0 Å². The van der Waals surface area contributed by atoms with Crippen LogP contribution in [0.15, 0.2) is 36.4 Å². The van der Waals surface area contributed by atoms with E-state index in [1.54, 1.807) is 23.1 Å². The van der Waals surface area contributed by atoms with Gasteiger partial charge in [-0.25, -0.2) is 0 Å². The monoisotopic (exact) mass is 608 g/mol. The predicted molar refractivity (Wildman–Crippen MR) is 143 cm³/mol. The van der Waals surface area contributed by atoms with Crippen molar-refractivity contribution in [2.24, 2.45) is 5.92 Å². The van der Waals surface area contributed by atoms with Gasteiger partial charge >= 0.3 is 12.1 Å². The van der Waals surface area contributed by atoms with Crippen molar-refractivity contribution in [1.82, 2.24) is 19.7 Å². The number of carboxylic acid groups (broad SMARTS) is 1. The van der Waals surface area contributed by atoms with Crippen LogP contribution in [0.4, 0.5) is 13.2 Å². The molecule has 14 heteroatoms. The Hall–Kier alpha value is -3.84. The second-order valence-electron chi connectivity index (χ2n) is 10.1. The lowest BCUT2D eigenvalue weighted by Crippen LogP contribution is -2.39. The molecule has 1 saturated heterocycles. The van der Waals surface area contributed by atoms with Gasteiger partial charge in [0.15, 0.2) is 17.3 Å². The third-order valence-corrected chi connectivity index (χ3v) is 7.78. The number of ether oxygens (including phenoxy) is 3. The van der Waals surface area contributed by atoms with E-state index in [1.165, 1.54) is 32.4 Å². The Morgan fingerprint density at radius 2 is 1.81 bits per heavy atom. The number of halogens is 4. The lowest BCUT2D eigenvalue weighted by molar-refractivity contribution is -0.146. The van der Waals surface area contributed by atoms with Crippen molar-refractivity contribution in [1.29, 1.82) is 0 Å². The SMILES string of the molecule is COc1cccc([C@H]2O[C@H](CC(=O)N3CCC(CC(=O)O)CC3)c3nnc(C(F)(F)F)n3-c3ccc(Cl)cc32)c1OC. The number of fused-ring (bicyclic) bond motifs is 3. The van der Waals surface area contributed by atoms with E-state index in [-0.39, 0.29) is 46.8 Å². The largest absolute Gasteiger partial charge is 0.493 e. The Morgan fingerprint density at radius 3 is 2.45 bits per heavy atom. The van der Waals surface area contributed by atoms with Crippen molar-refractivity contribution in [2.75, 3.05) is 27.3 Å².